The van der Waals surface area contributed by atoms with Crippen LogP contribution in [0.3, 0.4) is 0 Å². The zero-order chi connectivity index (χ0) is 21.2. The summed E-state index contributed by atoms with van der Waals surface area (Å²) in [6.07, 6.45) is 0.930. The minimum atomic E-state index is -3.79. The molecule has 0 bridgehead atoms. The maximum Gasteiger partial charge on any atom is 0.241 e. The average molecular weight is 416 g/mol. The summed E-state index contributed by atoms with van der Waals surface area (Å²) in [4.78, 5) is 24.9. The number of benzene rings is 2. The van der Waals surface area contributed by atoms with E-state index in [1.807, 2.05) is 32.0 Å². The minimum absolute atomic E-state index is 0.0732. The summed E-state index contributed by atoms with van der Waals surface area (Å²) in [5.74, 6) is 0.197. The number of rotatable bonds is 7. The van der Waals surface area contributed by atoms with Crippen LogP contribution in [0.15, 0.2) is 47.4 Å². The molecule has 1 aliphatic heterocycles. The van der Waals surface area contributed by atoms with Crippen LogP contribution in [0, 0.1) is 6.92 Å². The lowest BCUT2D eigenvalue weighted by Crippen LogP contribution is -2.29. The Morgan fingerprint density at radius 1 is 1.07 bits per heavy atom. The topological polar surface area (TPSA) is 92.8 Å². The van der Waals surface area contributed by atoms with E-state index in [1.165, 1.54) is 24.3 Å². The molecule has 1 saturated heterocycles. The summed E-state index contributed by atoms with van der Waals surface area (Å²) in [6, 6.07) is 10.9. The first-order valence-electron chi connectivity index (χ1n) is 9.39. The summed E-state index contributed by atoms with van der Waals surface area (Å²) >= 11 is 0. The molecular weight excluding hydrogens is 392 g/mol. The predicted octanol–water partition coefficient (Wildman–Crippen LogP) is 3.09. The molecular formula is C21H24N2O5S. The van der Waals surface area contributed by atoms with E-state index >= 15 is 0 Å². The van der Waals surface area contributed by atoms with Gasteiger partial charge in [0, 0.05) is 18.9 Å². The standard InChI is InChI=1S/C21H24N2O5S/c1-4-18(15-5-10-19(28-3)14(2)13-15)22-29(26,27)17-8-6-16(7-9-17)23-20(24)11-12-21(23)25/h5-10,13,18,22H,4,11-12H2,1-3H3. The predicted molar refractivity (Wildman–Crippen MR) is 109 cm³/mol. The third-order valence-corrected chi connectivity index (χ3v) is 6.47. The van der Waals surface area contributed by atoms with Gasteiger partial charge in [-0.15, -0.1) is 0 Å². The number of methoxy groups -OCH3 is 1. The maximum atomic E-state index is 12.9. The Balaban J connectivity index is 1.81. The highest BCUT2D eigenvalue weighted by Crippen LogP contribution is 2.27. The van der Waals surface area contributed by atoms with Gasteiger partial charge in [-0.3, -0.25) is 14.5 Å². The Hall–Kier alpha value is -2.71. The van der Waals surface area contributed by atoms with E-state index in [4.69, 9.17) is 4.74 Å². The SMILES string of the molecule is CCC(NS(=O)(=O)c1ccc(N2C(=O)CCC2=O)cc1)c1ccc(OC)c(C)c1. The van der Waals surface area contributed by atoms with Crippen LogP contribution >= 0.6 is 0 Å². The van der Waals surface area contributed by atoms with Gasteiger partial charge in [0.05, 0.1) is 17.7 Å². The van der Waals surface area contributed by atoms with Crippen molar-refractivity contribution in [1.82, 2.24) is 4.72 Å². The lowest BCUT2D eigenvalue weighted by Gasteiger charge is -2.19. The zero-order valence-corrected chi connectivity index (χ0v) is 17.5. The number of carbonyl (C=O) groups is 2. The molecule has 1 heterocycles. The van der Waals surface area contributed by atoms with Gasteiger partial charge in [-0.25, -0.2) is 13.1 Å². The van der Waals surface area contributed by atoms with E-state index in [2.05, 4.69) is 4.72 Å². The molecule has 3 rings (SSSR count). The number of hydrogen-bond donors (Lipinski definition) is 1. The van der Waals surface area contributed by atoms with Gasteiger partial charge >= 0.3 is 0 Å². The van der Waals surface area contributed by atoms with Gasteiger partial charge in [0.15, 0.2) is 0 Å². The van der Waals surface area contributed by atoms with Crippen molar-refractivity contribution in [2.45, 2.75) is 44.0 Å². The summed E-state index contributed by atoms with van der Waals surface area (Å²) in [5, 5.41) is 0. The normalized spacial score (nSPS) is 15.6. The summed E-state index contributed by atoms with van der Waals surface area (Å²) < 4.78 is 33.7. The molecule has 0 aliphatic carbocycles. The molecule has 154 valence electrons. The third-order valence-electron chi connectivity index (χ3n) is 4.98. The van der Waals surface area contributed by atoms with Gasteiger partial charge in [0.25, 0.3) is 0 Å². The van der Waals surface area contributed by atoms with E-state index in [0.717, 1.165) is 21.8 Å². The Morgan fingerprint density at radius 3 is 2.21 bits per heavy atom. The van der Waals surface area contributed by atoms with Crippen molar-refractivity contribution in [3.05, 3.63) is 53.6 Å². The maximum absolute atomic E-state index is 12.9. The van der Waals surface area contributed by atoms with Crippen molar-refractivity contribution < 1.29 is 22.7 Å². The van der Waals surface area contributed by atoms with Gasteiger partial charge in [0.2, 0.25) is 21.8 Å². The highest BCUT2D eigenvalue weighted by Gasteiger charge is 2.30. The number of anilines is 1. The van der Waals surface area contributed by atoms with Gasteiger partial charge in [0.1, 0.15) is 5.75 Å². The molecule has 0 aromatic heterocycles. The number of hydrogen-bond acceptors (Lipinski definition) is 5. The number of nitrogens with one attached hydrogen (secondary N) is 1. The number of sulfonamides is 1. The quantitative estimate of drug-likeness (QED) is 0.700. The smallest absolute Gasteiger partial charge is 0.241 e. The fourth-order valence-corrected chi connectivity index (χ4v) is 4.71. The molecule has 29 heavy (non-hydrogen) atoms. The number of carbonyl (C=O) groups excluding carboxylic acids is 2. The minimum Gasteiger partial charge on any atom is -0.496 e. The summed E-state index contributed by atoms with van der Waals surface area (Å²) in [5.41, 5.74) is 2.15. The molecule has 2 amide bonds. The first-order chi connectivity index (χ1) is 13.8. The zero-order valence-electron chi connectivity index (χ0n) is 16.6. The van der Waals surface area contributed by atoms with Crippen LogP contribution in [0.5, 0.6) is 5.75 Å². The lowest BCUT2D eigenvalue weighted by atomic mass is 10.0. The van der Waals surface area contributed by atoms with E-state index < -0.39 is 16.1 Å². The van der Waals surface area contributed by atoms with Crippen LogP contribution < -0.4 is 14.4 Å². The Kier molecular flexibility index (Phi) is 6.04. The second-order valence-electron chi connectivity index (χ2n) is 6.93. The molecule has 8 heteroatoms. The number of nitrogens with zero attached hydrogens (tertiary/aromatic N) is 1. The number of aryl methyl sites for hydroxylation is 1. The largest absolute Gasteiger partial charge is 0.496 e. The van der Waals surface area contributed by atoms with Crippen molar-refractivity contribution in [3.63, 3.8) is 0 Å². The molecule has 7 nitrogen and oxygen atoms in total. The second kappa shape index (κ2) is 8.34. The lowest BCUT2D eigenvalue weighted by molar-refractivity contribution is -0.121. The van der Waals surface area contributed by atoms with Crippen LogP contribution in [0.25, 0.3) is 0 Å². The number of ether oxygens (including phenoxy) is 1. The van der Waals surface area contributed by atoms with E-state index in [-0.39, 0.29) is 29.6 Å². The van der Waals surface area contributed by atoms with Gasteiger partial charge in [-0.2, -0.15) is 0 Å². The van der Waals surface area contributed by atoms with Crippen molar-refractivity contribution in [1.29, 1.82) is 0 Å². The molecule has 1 unspecified atom stereocenters. The molecule has 0 radical (unpaired) electrons. The first-order valence-corrected chi connectivity index (χ1v) is 10.9. The summed E-state index contributed by atoms with van der Waals surface area (Å²) in [6.45, 7) is 3.81. The van der Waals surface area contributed by atoms with Crippen LogP contribution in [0.2, 0.25) is 0 Å². The van der Waals surface area contributed by atoms with Gasteiger partial charge < -0.3 is 4.74 Å². The van der Waals surface area contributed by atoms with Crippen molar-refractivity contribution in [2.75, 3.05) is 12.0 Å². The molecule has 1 atom stereocenters. The van der Waals surface area contributed by atoms with Crippen molar-refractivity contribution in [3.8, 4) is 5.75 Å². The van der Waals surface area contributed by atoms with Crippen LogP contribution in [0.4, 0.5) is 5.69 Å². The third kappa shape index (κ3) is 4.33. The van der Waals surface area contributed by atoms with Crippen LogP contribution in [0.1, 0.15) is 43.4 Å². The molecule has 2 aromatic rings. The summed E-state index contributed by atoms with van der Waals surface area (Å²) in [7, 11) is -2.19. The van der Waals surface area contributed by atoms with E-state index in [9.17, 15) is 18.0 Å². The average Bonchev–Trinajstić information content (AvgIpc) is 3.04. The molecule has 1 fully saturated rings. The molecule has 2 aromatic carbocycles. The fraction of sp³-hybridized carbons (Fsp3) is 0.333. The molecule has 1 aliphatic rings. The van der Waals surface area contributed by atoms with Gasteiger partial charge in [-0.1, -0.05) is 19.1 Å². The highest BCUT2D eigenvalue weighted by molar-refractivity contribution is 7.89. The van der Waals surface area contributed by atoms with E-state index in [1.54, 1.807) is 7.11 Å². The monoisotopic (exact) mass is 416 g/mol. The van der Waals surface area contributed by atoms with Crippen molar-refractivity contribution >= 4 is 27.5 Å². The Bertz CT molecular complexity index is 1020. The Labute approximate surface area is 170 Å². The van der Waals surface area contributed by atoms with Gasteiger partial charge in [-0.05, 0) is 54.8 Å². The molecule has 0 spiro atoms. The molecule has 0 saturated carbocycles. The Morgan fingerprint density at radius 2 is 1.69 bits per heavy atom. The molecule has 1 N–H and O–H groups in total. The van der Waals surface area contributed by atoms with Crippen molar-refractivity contribution in [2.24, 2.45) is 0 Å². The van der Waals surface area contributed by atoms with E-state index in [0.29, 0.717) is 12.1 Å². The second-order valence-corrected chi connectivity index (χ2v) is 8.64. The van der Waals surface area contributed by atoms with Crippen LogP contribution in [-0.2, 0) is 19.6 Å². The number of imide groups is 1. The fourth-order valence-electron chi connectivity index (χ4n) is 3.40. The van der Waals surface area contributed by atoms with Crippen LogP contribution in [-0.4, -0.2) is 27.3 Å². The first kappa shape index (κ1) is 21.0. The highest BCUT2D eigenvalue weighted by atomic mass is 32.2. The number of amides is 2.